The van der Waals surface area contributed by atoms with Gasteiger partial charge in [-0.15, -0.1) is 0 Å². The van der Waals surface area contributed by atoms with E-state index in [1.807, 2.05) is 30.3 Å². The van der Waals surface area contributed by atoms with Crippen molar-refractivity contribution < 1.29 is 9.32 Å². The second kappa shape index (κ2) is 6.22. The molecule has 5 nitrogen and oxygen atoms in total. The molecule has 2 aromatic carbocycles. The summed E-state index contributed by atoms with van der Waals surface area (Å²) in [5.41, 5.74) is 2.45. The van der Waals surface area contributed by atoms with Crippen LogP contribution in [-0.4, -0.2) is 16.0 Å². The Hall–Kier alpha value is -2.95. The maximum atomic E-state index is 12.1. The summed E-state index contributed by atoms with van der Waals surface area (Å²) in [5, 5.41) is 6.64. The highest BCUT2D eigenvalue weighted by Crippen LogP contribution is 2.17. The molecule has 0 bridgehead atoms. The Labute approximate surface area is 128 Å². The summed E-state index contributed by atoms with van der Waals surface area (Å²) >= 11 is 0. The molecule has 22 heavy (non-hydrogen) atoms. The van der Waals surface area contributed by atoms with Crippen LogP contribution in [0, 0.1) is 6.92 Å². The summed E-state index contributed by atoms with van der Waals surface area (Å²) in [6.45, 7) is 2.27. The zero-order chi connectivity index (χ0) is 15.4. The van der Waals surface area contributed by atoms with Crippen molar-refractivity contribution in [3.05, 3.63) is 71.5 Å². The van der Waals surface area contributed by atoms with E-state index < -0.39 is 0 Å². The molecule has 0 saturated heterocycles. The topological polar surface area (TPSA) is 68.0 Å². The van der Waals surface area contributed by atoms with Crippen molar-refractivity contribution >= 4 is 5.91 Å². The first-order chi connectivity index (χ1) is 10.7. The number of aryl methyl sites for hydroxylation is 1. The van der Waals surface area contributed by atoms with Crippen LogP contribution in [0.1, 0.15) is 21.7 Å². The Balaban J connectivity index is 1.66. The number of benzene rings is 2. The van der Waals surface area contributed by atoms with Gasteiger partial charge in [0.25, 0.3) is 11.8 Å². The lowest BCUT2D eigenvalue weighted by molar-refractivity contribution is 0.0951. The van der Waals surface area contributed by atoms with Gasteiger partial charge in [-0.2, -0.15) is 4.98 Å². The average molecular weight is 293 g/mol. The minimum atomic E-state index is -0.114. The Morgan fingerprint density at radius 1 is 1.09 bits per heavy atom. The Morgan fingerprint density at radius 2 is 1.82 bits per heavy atom. The quantitative estimate of drug-likeness (QED) is 0.803. The minimum absolute atomic E-state index is 0.114. The molecule has 1 amide bonds. The Bertz CT molecular complexity index is 764. The number of rotatable bonds is 4. The van der Waals surface area contributed by atoms with Gasteiger partial charge in [-0.3, -0.25) is 4.79 Å². The molecule has 0 atom stereocenters. The second-order valence-corrected chi connectivity index (χ2v) is 4.89. The molecule has 3 rings (SSSR count). The summed E-state index contributed by atoms with van der Waals surface area (Å²) < 4.78 is 5.09. The fourth-order valence-corrected chi connectivity index (χ4v) is 2.06. The predicted octanol–water partition coefficient (Wildman–Crippen LogP) is 2.98. The third kappa shape index (κ3) is 3.20. The maximum absolute atomic E-state index is 12.1. The number of carbonyl (C=O) groups excluding carboxylic acids is 1. The molecule has 0 spiro atoms. The molecule has 0 fully saturated rings. The van der Waals surface area contributed by atoms with Gasteiger partial charge in [-0.05, 0) is 36.8 Å². The van der Waals surface area contributed by atoms with Gasteiger partial charge in [0.05, 0.1) is 0 Å². The summed E-state index contributed by atoms with van der Waals surface area (Å²) in [7, 11) is 0. The predicted molar refractivity (Wildman–Crippen MR) is 82.1 cm³/mol. The van der Waals surface area contributed by atoms with E-state index in [4.69, 9.17) is 4.52 Å². The van der Waals surface area contributed by atoms with Gasteiger partial charge in [0.15, 0.2) is 5.82 Å². The van der Waals surface area contributed by atoms with Gasteiger partial charge in [-0.1, -0.05) is 35.5 Å². The monoisotopic (exact) mass is 293 g/mol. The lowest BCUT2D eigenvalue weighted by atomic mass is 10.1. The summed E-state index contributed by atoms with van der Waals surface area (Å²) in [4.78, 5) is 16.3. The molecule has 1 aromatic heterocycles. The fraction of sp³-hybridized carbons (Fsp3) is 0.118. The molecule has 0 unspecified atom stereocenters. The molecular weight excluding hydrogens is 278 g/mol. The second-order valence-electron chi connectivity index (χ2n) is 4.89. The third-order valence-corrected chi connectivity index (χ3v) is 3.22. The average Bonchev–Trinajstić information content (AvgIpc) is 3.00. The molecule has 1 N–H and O–H groups in total. The molecule has 3 aromatic rings. The summed E-state index contributed by atoms with van der Waals surface area (Å²) in [6.07, 6.45) is 0. The maximum Gasteiger partial charge on any atom is 0.257 e. The number of nitrogens with one attached hydrogen (secondary N) is 1. The van der Waals surface area contributed by atoms with E-state index in [0.717, 1.165) is 11.1 Å². The van der Waals surface area contributed by atoms with Gasteiger partial charge in [0, 0.05) is 17.7 Å². The highest BCUT2D eigenvalue weighted by molar-refractivity contribution is 5.94. The standard InChI is InChI=1S/C17H15N3O2/c1-12-19-17(22-20-12)15-9-7-14(8-10-15)16(21)18-11-13-5-3-2-4-6-13/h2-10H,11H2,1H3,(H,18,21). The summed E-state index contributed by atoms with van der Waals surface area (Å²) in [5.74, 6) is 0.922. The van der Waals surface area contributed by atoms with Crippen molar-refractivity contribution in [2.24, 2.45) is 0 Å². The first-order valence-corrected chi connectivity index (χ1v) is 6.95. The van der Waals surface area contributed by atoms with E-state index in [1.54, 1.807) is 31.2 Å². The molecule has 110 valence electrons. The van der Waals surface area contributed by atoms with E-state index in [2.05, 4.69) is 15.5 Å². The van der Waals surface area contributed by atoms with E-state index in [0.29, 0.717) is 23.8 Å². The van der Waals surface area contributed by atoms with Crippen LogP contribution in [0.25, 0.3) is 11.5 Å². The van der Waals surface area contributed by atoms with Gasteiger partial charge in [0.2, 0.25) is 0 Å². The molecule has 0 aliphatic carbocycles. The number of nitrogens with zero attached hydrogens (tertiary/aromatic N) is 2. The normalized spacial score (nSPS) is 10.4. The van der Waals surface area contributed by atoms with Crippen LogP contribution >= 0.6 is 0 Å². The van der Waals surface area contributed by atoms with E-state index >= 15 is 0 Å². The zero-order valence-electron chi connectivity index (χ0n) is 12.1. The molecule has 0 aliphatic heterocycles. The fourth-order valence-electron chi connectivity index (χ4n) is 2.06. The van der Waals surface area contributed by atoms with Crippen LogP contribution in [0.15, 0.2) is 59.1 Å². The molecule has 1 heterocycles. The third-order valence-electron chi connectivity index (χ3n) is 3.22. The number of hydrogen-bond donors (Lipinski definition) is 1. The van der Waals surface area contributed by atoms with Crippen LogP contribution in [0.5, 0.6) is 0 Å². The Morgan fingerprint density at radius 3 is 2.45 bits per heavy atom. The van der Waals surface area contributed by atoms with E-state index in [-0.39, 0.29) is 5.91 Å². The van der Waals surface area contributed by atoms with Gasteiger partial charge in [-0.25, -0.2) is 0 Å². The number of hydrogen-bond acceptors (Lipinski definition) is 4. The van der Waals surface area contributed by atoms with Gasteiger partial charge < -0.3 is 9.84 Å². The van der Waals surface area contributed by atoms with Gasteiger partial charge in [0.1, 0.15) is 0 Å². The number of carbonyl (C=O) groups is 1. The van der Waals surface area contributed by atoms with E-state index in [9.17, 15) is 4.79 Å². The SMILES string of the molecule is Cc1noc(-c2ccc(C(=O)NCc3ccccc3)cc2)n1. The molecular formula is C17H15N3O2. The van der Waals surface area contributed by atoms with Gasteiger partial charge >= 0.3 is 0 Å². The summed E-state index contributed by atoms with van der Waals surface area (Å²) in [6, 6.07) is 16.9. The van der Waals surface area contributed by atoms with Crippen LogP contribution in [0.4, 0.5) is 0 Å². The first-order valence-electron chi connectivity index (χ1n) is 6.95. The lowest BCUT2D eigenvalue weighted by Crippen LogP contribution is -2.22. The van der Waals surface area contributed by atoms with Crippen LogP contribution in [0.2, 0.25) is 0 Å². The Kier molecular flexibility index (Phi) is 3.96. The largest absolute Gasteiger partial charge is 0.348 e. The lowest BCUT2D eigenvalue weighted by Gasteiger charge is -2.05. The molecule has 0 radical (unpaired) electrons. The molecule has 5 heteroatoms. The van der Waals surface area contributed by atoms with Crippen molar-refractivity contribution in [3.63, 3.8) is 0 Å². The van der Waals surface area contributed by atoms with Crippen LogP contribution in [0.3, 0.4) is 0 Å². The van der Waals surface area contributed by atoms with Crippen molar-refractivity contribution in [3.8, 4) is 11.5 Å². The number of aromatic nitrogens is 2. The van der Waals surface area contributed by atoms with Crippen molar-refractivity contribution in [1.29, 1.82) is 0 Å². The van der Waals surface area contributed by atoms with E-state index in [1.165, 1.54) is 0 Å². The highest BCUT2D eigenvalue weighted by atomic mass is 16.5. The van der Waals surface area contributed by atoms with Crippen LogP contribution < -0.4 is 5.32 Å². The highest BCUT2D eigenvalue weighted by Gasteiger charge is 2.09. The smallest absolute Gasteiger partial charge is 0.257 e. The van der Waals surface area contributed by atoms with Crippen LogP contribution in [-0.2, 0) is 6.54 Å². The van der Waals surface area contributed by atoms with Crippen molar-refractivity contribution in [2.45, 2.75) is 13.5 Å². The van der Waals surface area contributed by atoms with Crippen molar-refractivity contribution in [2.75, 3.05) is 0 Å². The number of amides is 1. The minimum Gasteiger partial charge on any atom is -0.348 e. The first kappa shape index (κ1) is 14.0. The molecule has 0 aliphatic rings. The van der Waals surface area contributed by atoms with Crippen molar-refractivity contribution in [1.82, 2.24) is 15.5 Å². The zero-order valence-corrected chi connectivity index (χ0v) is 12.1. The molecule has 0 saturated carbocycles.